The summed E-state index contributed by atoms with van der Waals surface area (Å²) in [6, 6.07) is 5.20. The molecule has 0 aromatic heterocycles. The molecule has 40 heteroatoms. The van der Waals surface area contributed by atoms with Gasteiger partial charge in [0.1, 0.15) is 108 Å². The van der Waals surface area contributed by atoms with Crippen LogP contribution in [-0.4, -0.2) is 282 Å². The molecule has 7 rings (SSSR count). The summed E-state index contributed by atoms with van der Waals surface area (Å²) < 4.78 is 0. The van der Waals surface area contributed by atoms with Crippen LogP contribution >= 0.6 is 0 Å². The van der Waals surface area contributed by atoms with Crippen molar-refractivity contribution in [3.63, 3.8) is 0 Å². The largest absolute Gasteiger partial charge is 0.508 e. The number of phenols is 3. The first-order valence-corrected chi connectivity index (χ1v) is 44.4. The minimum absolute atomic E-state index is 0.00131. The zero-order valence-corrected chi connectivity index (χ0v) is 75.8. The van der Waals surface area contributed by atoms with Gasteiger partial charge in [0, 0.05) is 45.3 Å². The Morgan fingerprint density at radius 1 is 0.366 bits per heavy atom. The Morgan fingerprint density at radius 2 is 0.702 bits per heavy atom. The smallest absolute Gasteiger partial charge is 0.326 e. The SMILES string of the molecule is CC(C)C[C@H](NC(=O)[C@H](C)NC(=O)[C@H](Cc1ccc(O)cc1)NC(=O)[C@H](Cc1ccccc1)NC(=O)[C@@H]1CCCN1C(=O)[C@H](Cc1ccc(O)cc1)NC(=O)[C@H](CC(C)C)NC(=O)[C@@H]1CCCN1C(=O)CNC(=O)CNC(=O)[C@@H](N)[C@@H](C)O)C(=O)N[C@@H](C)C(=O)N[C@@H](CC(C)C)C(=O)N[C@H](C(=O)N1CCC[C@H]1C(=O)N[C@@H](CO)C(=O)N[C@@H](Cc1ccc(O)cc1)C(=O)O)C(C)C. The van der Waals surface area contributed by atoms with Gasteiger partial charge in [0.2, 0.25) is 94.5 Å². The minimum atomic E-state index is -1.64. The standard InChI is InChI=1S/C91H129N17O23/c1-48(2)38-62(79(118)95-52(9)78(117)98-64(40-50(5)6)83(122)105-76(51(7)8)90(129)108-37-17-22-72(108)87(126)104-69(47-109)84(123)103-68(91(130)131)44-58-27-33-61(113)34-28-58)97-77(116)53(10)96-80(119)65(42-56-23-29-59(111)30-24-56)99-82(121)66(41-55-18-13-12-14-19-55)101-86(125)71-21-16-36-107(71)89(128)67(43-57-25-31-60(112)32-26-57)102-81(120)63(39-49(3)4)100-85(124)70-20-15-35-106(70)74(115)46-93-73(114)45-94-88(127)75(92)54(11)110/h12-14,18-19,23-34,48-54,62-72,75-76,109-113H,15-17,20-22,35-47,92H2,1-11H3,(H,93,114)(H,94,127)(H,95,118)(H,96,119)(H,97,116)(H,98,117)(H,99,121)(H,100,124)(H,101,125)(H,102,120)(H,103,123)(H,104,126)(H,105,122)(H,130,131)/t52-,53-,54+,62-,63-,64-,65-,66-,67-,68-,69-,70-,71-,72-,75-,76-/m0/s1. The van der Waals surface area contributed by atoms with Crippen molar-refractivity contribution in [3.8, 4) is 17.2 Å². The van der Waals surface area contributed by atoms with Crippen LogP contribution in [0.2, 0.25) is 0 Å². The van der Waals surface area contributed by atoms with E-state index in [4.69, 9.17) is 5.73 Å². The third-order valence-corrected chi connectivity index (χ3v) is 22.7. The summed E-state index contributed by atoms with van der Waals surface area (Å²) in [5.74, 6) is -16.0. The molecule has 3 aliphatic heterocycles. The van der Waals surface area contributed by atoms with Crippen molar-refractivity contribution < 1.29 is 112 Å². The summed E-state index contributed by atoms with van der Waals surface area (Å²) in [6.45, 7) is 16.1. The molecule has 16 atom stereocenters. The maximum Gasteiger partial charge on any atom is 0.326 e. The van der Waals surface area contributed by atoms with Crippen LogP contribution in [0.5, 0.6) is 17.2 Å². The molecule has 3 saturated heterocycles. The van der Waals surface area contributed by atoms with Crippen LogP contribution < -0.4 is 74.9 Å². The highest BCUT2D eigenvalue weighted by Crippen LogP contribution is 2.26. The van der Waals surface area contributed by atoms with Crippen molar-refractivity contribution in [1.82, 2.24) is 83.8 Å². The number of carbonyl (C=O) groups excluding carboxylic acids is 16. The van der Waals surface area contributed by atoms with Crippen molar-refractivity contribution in [3.05, 3.63) is 125 Å². The summed E-state index contributed by atoms with van der Waals surface area (Å²) in [5.41, 5.74) is 7.53. The van der Waals surface area contributed by atoms with Crippen molar-refractivity contribution >= 4 is 100 Å². The Bertz CT molecular complexity index is 4640. The molecule has 716 valence electrons. The maximum atomic E-state index is 15.3. The first kappa shape index (κ1) is 105. The number of aliphatic carboxylic acids is 1. The number of carboxylic acid groups (broad SMARTS) is 1. The van der Waals surface area contributed by atoms with Gasteiger partial charge >= 0.3 is 5.97 Å². The molecule has 4 aromatic carbocycles. The molecular weight excluding hydrogens is 1700 g/mol. The number of hydrogen-bond acceptors (Lipinski definition) is 23. The van der Waals surface area contributed by atoms with E-state index in [-0.39, 0.29) is 125 Å². The van der Waals surface area contributed by atoms with Gasteiger partial charge in [-0.2, -0.15) is 0 Å². The van der Waals surface area contributed by atoms with E-state index in [9.17, 15) is 97.8 Å². The lowest BCUT2D eigenvalue weighted by Gasteiger charge is -2.32. The number of nitrogens with two attached hydrogens (primary N) is 1. The third kappa shape index (κ3) is 32.3. The second-order valence-electron chi connectivity index (χ2n) is 35.3. The number of likely N-dealkylation sites (tertiary alicyclic amines) is 3. The molecule has 131 heavy (non-hydrogen) atoms. The van der Waals surface area contributed by atoms with Crippen LogP contribution in [0.15, 0.2) is 103 Å². The van der Waals surface area contributed by atoms with Gasteiger partial charge in [-0.15, -0.1) is 0 Å². The topological polar surface area (TPSA) is 604 Å². The zero-order chi connectivity index (χ0) is 96.8. The Kier molecular flexibility index (Phi) is 40.4. The van der Waals surface area contributed by atoms with Crippen molar-refractivity contribution in [2.45, 2.75) is 256 Å². The van der Waals surface area contributed by atoms with Crippen molar-refractivity contribution in [2.75, 3.05) is 39.3 Å². The average molecular weight is 1830 g/mol. The lowest BCUT2D eigenvalue weighted by atomic mass is 9.99. The summed E-state index contributed by atoms with van der Waals surface area (Å²) in [6.07, 6.45) is -0.557. The number of nitrogens with zero attached hydrogens (tertiary/aromatic N) is 3. The molecule has 0 aliphatic carbocycles. The molecule has 3 aliphatic rings. The van der Waals surface area contributed by atoms with Gasteiger partial charge < -0.3 is 120 Å². The molecule has 21 N–H and O–H groups in total. The number of aliphatic hydroxyl groups is 2. The summed E-state index contributed by atoms with van der Waals surface area (Å²) in [4.78, 5) is 243. The first-order chi connectivity index (χ1) is 61.9. The highest BCUT2D eigenvalue weighted by molar-refractivity contribution is 6.01. The number of nitrogens with one attached hydrogen (secondary N) is 13. The molecule has 0 saturated carbocycles. The van der Waals surface area contributed by atoms with Gasteiger partial charge in [-0.25, -0.2) is 4.79 Å². The quantitative estimate of drug-likeness (QED) is 0.0233. The predicted octanol–water partition coefficient (Wildman–Crippen LogP) is -1.77. The number of amides is 16. The van der Waals surface area contributed by atoms with E-state index in [2.05, 4.69) is 69.1 Å². The Balaban J connectivity index is 1.01. The lowest BCUT2D eigenvalue weighted by molar-refractivity contribution is -0.144. The second kappa shape index (κ2) is 50.4. The van der Waals surface area contributed by atoms with E-state index in [0.717, 1.165) is 0 Å². The molecular formula is C91H129N17O23. The number of aliphatic hydroxyl groups excluding tert-OH is 2. The van der Waals surface area contributed by atoms with Gasteiger partial charge in [0.15, 0.2) is 0 Å². The van der Waals surface area contributed by atoms with Gasteiger partial charge in [-0.3, -0.25) is 76.7 Å². The Morgan fingerprint density at radius 3 is 1.14 bits per heavy atom. The zero-order valence-electron chi connectivity index (χ0n) is 75.8. The molecule has 0 radical (unpaired) electrons. The monoisotopic (exact) mass is 1830 g/mol. The normalized spacial score (nSPS) is 17.8. The van der Waals surface area contributed by atoms with E-state index < -0.39 is 223 Å². The summed E-state index contributed by atoms with van der Waals surface area (Å²) in [7, 11) is 0. The number of aromatic hydroxyl groups is 3. The lowest BCUT2D eigenvalue weighted by Crippen LogP contribution is -2.61. The van der Waals surface area contributed by atoms with E-state index in [1.165, 1.54) is 108 Å². The second-order valence-corrected chi connectivity index (χ2v) is 35.3. The number of carboxylic acids is 1. The Labute approximate surface area is 760 Å². The molecule has 16 amide bonds. The molecule has 40 nitrogen and oxygen atoms in total. The van der Waals surface area contributed by atoms with Crippen LogP contribution in [0.3, 0.4) is 0 Å². The van der Waals surface area contributed by atoms with Gasteiger partial charge in [0.05, 0.1) is 25.8 Å². The third-order valence-electron chi connectivity index (χ3n) is 22.7. The van der Waals surface area contributed by atoms with Gasteiger partial charge in [0.25, 0.3) is 0 Å². The highest BCUT2D eigenvalue weighted by atomic mass is 16.4. The van der Waals surface area contributed by atoms with Crippen LogP contribution in [0.1, 0.15) is 156 Å². The fraction of sp³-hybridized carbons (Fsp3) is 0.549. The number of rotatable bonds is 47. The van der Waals surface area contributed by atoms with Gasteiger partial charge in [-0.1, -0.05) is 122 Å². The predicted molar refractivity (Wildman–Crippen MR) is 476 cm³/mol. The van der Waals surface area contributed by atoms with Crippen LogP contribution in [-0.2, 0) is 107 Å². The van der Waals surface area contributed by atoms with E-state index in [1.807, 2.05) is 0 Å². The number of carbonyl (C=O) groups is 17. The van der Waals surface area contributed by atoms with Crippen molar-refractivity contribution in [1.29, 1.82) is 0 Å². The van der Waals surface area contributed by atoms with Crippen LogP contribution in [0.25, 0.3) is 0 Å². The van der Waals surface area contributed by atoms with E-state index in [1.54, 1.807) is 85.7 Å². The molecule has 0 bridgehead atoms. The van der Waals surface area contributed by atoms with Crippen molar-refractivity contribution in [2.24, 2.45) is 29.4 Å². The first-order valence-electron chi connectivity index (χ1n) is 44.4. The molecule has 3 heterocycles. The van der Waals surface area contributed by atoms with E-state index in [0.29, 0.717) is 35.1 Å². The Hall–Kier alpha value is -12.8. The molecule has 4 aromatic rings. The summed E-state index contributed by atoms with van der Waals surface area (Å²) in [5, 5.41) is 93.9. The number of hydrogen-bond donors (Lipinski definition) is 20. The average Bonchev–Trinajstić information content (AvgIpc) is 1.73. The van der Waals surface area contributed by atoms with Crippen LogP contribution in [0, 0.1) is 23.7 Å². The van der Waals surface area contributed by atoms with Crippen LogP contribution in [0.4, 0.5) is 0 Å². The number of phenolic OH excluding ortho intramolecular Hbond substituents is 3. The maximum absolute atomic E-state index is 15.3. The fourth-order valence-electron chi connectivity index (χ4n) is 15.5. The molecule has 3 fully saturated rings. The fourth-order valence-corrected chi connectivity index (χ4v) is 15.5. The summed E-state index contributed by atoms with van der Waals surface area (Å²) >= 11 is 0. The number of benzene rings is 4. The van der Waals surface area contributed by atoms with Gasteiger partial charge in [-0.05, 0) is 161 Å². The van der Waals surface area contributed by atoms with E-state index >= 15 is 14.4 Å². The highest BCUT2D eigenvalue weighted by Gasteiger charge is 2.45. The molecule has 0 spiro atoms. The minimum Gasteiger partial charge on any atom is -0.508 e. The molecule has 0 unspecified atom stereocenters.